The average molecular weight is 360 g/mol. The van der Waals surface area contributed by atoms with Gasteiger partial charge in [0.15, 0.2) is 0 Å². The summed E-state index contributed by atoms with van der Waals surface area (Å²) in [5.74, 6) is -0.270. The third-order valence-corrected chi connectivity index (χ3v) is 5.19. The lowest BCUT2D eigenvalue weighted by atomic mass is 10.1. The van der Waals surface area contributed by atoms with Gasteiger partial charge in [0.25, 0.3) is 15.9 Å². The van der Waals surface area contributed by atoms with E-state index in [1.807, 2.05) is 32.9 Å². The summed E-state index contributed by atoms with van der Waals surface area (Å²) in [6, 6.07) is 13.2. The van der Waals surface area contributed by atoms with Crippen LogP contribution in [0.5, 0.6) is 0 Å². The highest BCUT2D eigenvalue weighted by Gasteiger charge is 2.17. The van der Waals surface area contributed by atoms with Crippen molar-refractivity contribution < 1.29 is 13.2 Å². The highest BCUT2D eigenvalue weighted by Crippen LogP contribution is 2.18. The number of nitrogens with one attached hydrogen (secondary N) is 2. The van der Waals surface area contributed by atoms with E-state index in [1.165, 1.54) is 12.1 Å². The van der Waals surface area contributed by atoms with E-state index in [0.717, 1.165) is 18.4 Å². The van der Waals surface area contributed by atoms with Crippen molar-refractivity contribution in [3.05, 3.63) is 59.7 Å². The normalized spacial score (nSPS) is 12.4. The molecule has 6 heteroatoms. The van der Waals surface area contributed by atoms with Gasteiger partial charge >= 0.3 is 0 Å². The van der Waals surface area contributed by atoms with E-state index >= 15 is 0 Å². The number of hydrogen-bond acceptors (Lipinski definition) is 3. The standard InChI is InChI=1S/C19H24N2O3S/c1-4-6-15(3)20-19(22)16-7-5-8-18(13-16)25(23,24)21-17-11-9-14(2)10-12-17/h5,7-13,15,21H,4,6H2,1-3H3,(H,20,22)/t15-/m1/s1. The van der Waals surface area contributed by atoms with Gasteiger partial charge in [-0.3, -0.25) is 9.52 Å². The summed E-state index contributed by atoms with van der Waals surface area (Å²) in [5.41, 5.74) is 1.86. The van der Waals surface area contributed by atoms with Crippen LogP contribution in [0.3, 0.4) is 0 Å². The van der Waals surface area contributed by atoms with Gasteiger partial charge in [-0.2, -0.15) is 0 Å². The predicted octanol–water partition coefficient (Wildman–Crippen LogP) is 3.71. The smallest absolute Gasteiger partial charge is 0.261 e. The Labute approximate surface area is 149 Å². The van der Waals surface area contributed by atoms with Crippen LogP contribution in [0.2, 0.25) is 0 Å². The zero-order valence-corrected chi connectivity index (χ0v) is 15.6. The van der Waals surface area contributed by atoms with Crippen LogP contribution in [-0.4, -0.2) is 20.4 Å². The molecule has 1 amide bonds. The second-order valence-corrected chi connectivity index (χ2v) is 7.84. The Kier molecular flexibility index (Phi) is 6.20. The molecule has 2 N–H and O–H groups in total. The molecular formula is C19H24N2O3S. The number of sulfonamides is 1. The van der Waals surface area contributed by atoms with E-state index in [1.54, 1.807) is 24.3 Å². The number of benzene rings is 2. The van der Waals surface area contributed by atoms with Gasteiger partial charge in [-0.25, -0.2) is 8.42 Å². The fourth-order valence-corrected chi connectivity index (χ4v) is 3.56. The van der Waals surface area contributed by atoms with Crippen molar-refractivity contribution in [3.63, 3.8) is 0 Å². The maximum atomic E-state index is 12.5. The van der Waals surface area contributed by atoms with Gasteiger partial charge in [0, 0.05) is 17.3 Å². The maximum absolute atomic E-state index is 12.5. The van der Waals surface area contributed by atoms with Gasteiger partial charge in [-0.15, -0.1) is 0 Å². The lowest BCUT2D eigenvalue weighted by Crippen LogP contribution is -2.32. The summed E-state index contributed by atoms with van der Waals surface area (Å²) < 4.78 is 27.6. The first-order valence-electron chi connectivity index (χ1n) is 8.32. The number of amides is 1. The Balaban J connectivity index is 2.18. The highest BCUT2D eigenvalue weighted by molar-refractivity contribution is 7.92. The van der Waals surface area contributed by atoms with Crippen LogP contribution >= 0.6 is 0 Å². The summed E-state index contributed by atoms with van der Waals surface area (Å²) >= 11 is 0. The number of rotatable bonds is 7. The predicted molar refractivity (Wildman–Crippen MR) is 100 cm³/mol. The molecule has 5 nitrogen and oxygen atoms in total. The molecule has 0 saturated carbocycles. The summed E-state index contributed by atoms with van der Waals surface area (Å²) in [5, 5.41) is 2.88. The third kappa shape index (κ3) is 5.32. The van der Waals surface area contributed by atoms with Crippen LogP contribution in [0.25, 0.3) is 0 Å². The topological polar surface area (TPSA) is 75.3 Å². The quantitative estimate of drug-likeness (QED) is 0.790. The Hall–Kier alpha value is -2.34. The highest BCUT2D eigenvalue weighted by atomic mass is 32.2. The van der Waals surface area contributed by atoms with Crippen LogP contribution < -0.4 is 10.0 Å². The fourth-order valence-electron chi connectivity index (χ4n) is 2.45. The zero-order valence-electron chi connectivity index (χ0n) is 14.7. The first-order valence-corrected chi connectivity index (χ1v) is 9.80. The summed E-state index contributed by atoms with van der Waals surface area (Å²) in [6.45, 7) is 5.91. The van der Waals surface area contributed by atoms with Crippen LogP contribution in [0.4, 0.5) is 5.69 Å². The van der Waals surface area contributed by atoms with Gasteiger partial charge in [0.05, 0.1) is 4.90 Å². The van der Waals surface area contributed by atoms with Crippen molar-refractivity contribution in [2.24, 2.45) is 0 Å². The molecule has 134 valence electrons. The van der Waals surface area contributed by atoms with Gasteiger partial charge in [-0.05, 0) is 50.6 Å². The fraction of sp³-hybridized carbons (Fsp3) is 0.316. The zero-order chi connectivity index (χ0) is 18.4. The number of anilines is 1. The molecule has 0 spiro atoms. The summed E-state index contributed by atoms with van der Waals surface area (Å²) in [6.07, 6.45) is 1.84. The molecule has 0 saturated heterocycles. The first-order chi connectivity index (χ1) is 11.8. The molecule has 2 rings (SSSR count). The number of carbonyl (C=O) groups excluding carboxylic acids is 1. The van der Waals surface area contributed by atoms with Gasteiger partial charge in [0.2, 0.25) is 0 Å². The molecule has 0 fully saturated rings. The SMILES string of the molecule is CCC[C@@H](C)NC(=O)c1cccc(S(=O)(=O)Nc2ccc(C)cc2)c1. The van der Waals surface area contributed by atoms with Crippen LogP contribution in [0, 0.1) is 6.92 Å². The van der Waals surface area contributed by atoms with E-state index in [9.17, 15) is 13.2 Å². The lowest BCUT2D eigenvalue weighted by molar-refractivity contribution is 0.0938. The molecule has 25 heavy (non-hydrogen) atoms. The van der Waals surface area contributed by atoms with Gasteiger partial charge in [-0.1, -0.05) is 37.1 Å². The van der Waals surface area contributed by atoms with Crippen molar-refractivity contribution in [3.8, 4) is 0 Å². The molecule has 0 aromatic heterocycles. The Morgan fingerprint density at radius 3 is 2.44 bits per heavy atom. The lowest BCUT2D eigenvalue weighted by Gasteiger charge is -2.13. The van der Waals surface area contributed by atoms with Crippen molar-refractivity contribution in [2.45, 2.75) is 44.6 Å². The maximum Gasteiger partial charge on any atom is 0.261 e. The molecule has 1 atom stereocenters. The first kappa shape index (κ1) is 19.0. The van der Waals surface area contributed by atoms with E-state index in [-0.39, 0.29) is 16.8 Å². The van der Waals surface area contributed by atoms with Crippen LogP contribution in [-0.2, 0) is 10.0 Å². The van der Waals surface area contributed by atoms with E-state index < -0.39 is 10.0 Å². The van der Waals surface area contributed by atoms with E-state index in [4.69, 9.17) is 0 Å². The van der Waals surface area contributed by atoms with Gasteiger partial charge in [0.1, 0.15) is 0 Å². The second-order valence-electron chi connectivity index (χ2n) is 6.16. The van der Waals surface area contributed by atoms with Gasteiger partial charge < -0.3 is 5.32 Å². The van der Waals surface area contributed by atoms with Crippen molar-refractivity contribution in [1.29, 1.82) is 0 Å². The number of carbonyl (C=O) groups is 1. The number of aryl methyl sites for hydroxylation is 1. The van der Waals surface area contributed by atoms with Crippen LogP contribution in [0.1, 0.15) is 42.6 Å². The molecule has 0 aliphatic rings. The average Bonchev–Trinajstić information content (AvgIpc) is 2.57. The minimum Gasteiger partial charge on any atom is -0.350 e. The third-order valence-electron chi connectivity index (χ3n) is 3.81. The minimum atomic E-state index is -3.75. The molecule has 0 radical (unpaired) electrons. The van der Waals surface area contributed by atoms with Crippen molar-refractivity contribution >= 4 is 21.6 Å². The summed E-state index contributed by atoms with van der Waals surface area (Å²) in [4.78, 5) is 12.3. The number of hydrogen-bond donors (Lipinski definition) is 2. The molecule has 0 unspecified atom stereocenters. The summed E-state index contributed by atoms with van der Waals surface area (Å²) in [7, 11) is -3.75. The molecule has 2 aromatic rings. The molecular weight excluding hydrogens is 336 g/mol. The molecule has 2 aromatic carbocycles. The van der Waals surface area contributed by atoms with E-state index in [2.05, 4.69) is 10.0 Å². The Morgan fingerprint density at radius 1 is 1.12 bits per heavy atom. The largest absolute Gasteiger partial charge is 0.350 e. The van der Waals surface area contributed by atoms with Crippen molar-refractivity contribution in [2.75, 3.05) is 4.72 Å². The molecule has 0 bridgehead atoms. The molecule has 0 aliphatic heterocycles. The Bertz CT molecular complexity index is 830. The Morgan fingerprint density at radius 2 is 1.80 bits per heavy atom. The molecule has 0 heterocycles. The monoisotopic (exact) mass is 360 g/mol. The second kappa shape index (κ2) is 8.16. The minimum absolute atomic E-state index is 0.0449. The van der Waals surface area contributed by atoms with E-state index in [0.29, 0.717) is 11.3 Å². The molecule has 0 aliphatic carbocycles. The van der Waals surface area contributed by atoms with Crippen LogP contribution in [0.15, 0.2) is 53.4 Å². The van der Waals surface area contributed by atoms with Crippen molar-refractivity contribution in [1.82, 2.24) is 5.32 Å².